The fourth-order valence-corrected chi connectivity index (χ4v) is 1.23. The molecule has 66 valence electrons. The normalized spacial score (nSPS) is 19.3. The van der Waals surface area contributed by atoms with Crippen molar-refractivity contribution in [2.75, 3.05) is 6.61 Å². The van der Waals surface area contributed by atoms with Gasteiger partial charge in [-0.3, -0.25) is 0 Å². The first kappa shape index (κ1) is 9.29. The minimum absolute atomic E-state index is 0. The van der Waals surface area contributed by atoms with Crippen molar-refractivity contribution >= 4 is 12.4 Å². The highest BCUT2D eigenvalue weighted by Crippen LogP contribution is 2.32. The number of halogens is 2. The lowest BCUT2D eigenvalue weighted by Gasteiger charge is -1.99. The molecule has 1 atom stereocenters. The van der Waals surface area contributed by atoms with Crippen LogP contribution < -0.4 is 10.5 Å². The Morgan fingerprint density at radius 3 is 2.92 bits per heavy atom. The molecule has 0 aliphatic carbocycles. The topological polar surface area (TPSA) is 35.2 Å². The third-order valence-electron chi connectivity index (χ3n) is 1.80. The number of para-hydroxylation sites is 1. The Labute approximate surface area is 75.9 Å². The molecule has 2 rings (SSSR count). The van der Waals surface area contributed by atoms with Crippen LogP contribution in [0.4, 0.5) is 4.39 Å². The van der Waals surface area contributed by atoms with Crippen LogP contribution in [-0.2, 0) is 0 Å². The average Bonchev–Trinajstić information content (AvgIpc) is 2.35. The van der Waals surface area contributed by atoms with Crippen molar-refractivity contribution in [2.24, 2.45) is 5.73 Å². The Balaban J connectivity index is 0.000000720. The lowest BCUT2D eigenvalue weighted by molar-refractivity contribution is 0.319. The largest absolute Gasteiger partial charge is 0.488 e. The summed E-state index contributed by atoms with van der Waals surface area (Å²) >= 11 is 0. The van der Waals surface area contributed by atoms with E-state index in [-0.39, 0.29) is 24.3 Å². The third-order valence-corrected chi connectivity index (χ3v) is 1.80. The zero-order valence-electron chi connectivity index (χ0n) is 6.29. The molecule has 1 aliphatic heterocycles. The summed E-state index contributed by atoms with van der Waals surface area (Å²) < 4.78 is 17.9. The number of rotatable bonds is 0. The van der Waals surface area contributed by atoms with Crippen LogP contribution >= 0.6 is 12.4 Å². The minimum Gasteiger partial charge on any atom is -0.488 e. The van der Waals surface area contributed by atoms with Crippen LogP contribution in [0.25, 0.3) is 0 Å². The number of ether oxygens (including phenoxy) is 1. The van der Waals surface area contributed by atoms with Crippen molar-refractivity contribution in [1.82, 2.24) is 0 Å². The van der Waals surface area contributed by atoms with Crippen LogP contribution in [0, 0.1) is 5.82 Å². The quantitative estimate of drug-likeness (QED) is 0.674. The number of benzene rings is 1. The lowest BCUT2D eigenvalue weighted by atomic mass is 10.1. The Hall–Kier alpha value is -0.800. The van der Waals surface area contributed by atoms with Gasteiger partial charge in [-0.05, 0) is 6.07 Å². The number of hydrogen-bond donors (Lipinski definition) is 1. The fraction of sp³-hybridized carbons (Fsp3) is 0.250. The Kier molecular flexibility index (Phi) is 2.55. The van der Waals surface area contributed by atoms with Gasteiger partial charge in [0.2, 0.25) is 0 Å². The fourth-order valence-electron chi connectivity index (χ4n) is 1.23. The first-order valence-corrected chi connectivity index (χ1v) is 3.46. The highest BCUT2D eigenvalue weighted by atomic mass is 35.5. The molecule has 1 heterocycles. The molecule has 0 saturated heterocycles. The molecule has 2 N–H and O–H groups in total. The van der Waals surface area contributed by atoms with Crippen molar-refractivity contribution in [2.45, 2.75) is 6.04 Å². The zero-order chi connectivity index (χ0) is 7.84. The van der Waals surface area contributed by atoms with Gasteiger partial charge in [-0.25, -0.2) is 4.39 Å². The summed E-state index contributed by atoms with van der Waals surface area (Å²) in [4.78, 5) is 0. The van der Waals surface area contributed by atoms with Gasteiger partial charge in [0.05, 0.1) is 6.04 Å². The second-order valence-corrected chi connectivity index (χ2v) is 2.58. The van der Waals surface area contributed by atoms with Gasteiger partial charge in [-0.1, -0.05) is 12.1 Å². The van der Waals surface area contributed by atoms with Crippen LogP contribution in [0.5, 0.6) is 5.75 Å². The molecule has 12 heavy (non-hydrogen) atoms. The molecule has 0 saturated carbocycles. The van der Waals surface area contributed by atoms with E-state index in [4.69, 9.17) is 10.5 Å². The summed E-state index contributed by atoms with van der Waals surface area (Å²) in [7, 11) is 0. The van der Waals surface area contributed by atoms with Crippen molar-refractivity contribution < 1.29 is 9.13 Å². The summed E-state index contributed by atoms with van der Waals surface area (Å²) in [6.07, 6.45) is 0. The second kappa shape index (κ2) is 3.29. The van der Waals surface area contributed by atoms with Crippen molar-refractivity contribution in [3.05, 3.63) is 29.6 Å². The number of fused-ring (bicyclic) bond motifs is 1. The maximum atomic E-state index is 12.9. The van der Waals surface area contributed by atoms with Crippen LogP contribution in [-0.4, -0.2) is 6.61 Å². The van der Waals surface area contributed by atoms with Crippen molar-refractivity contribution in [3.63, 3.8) is 0 Å². The van der Waals surface area contributed by atoms with Crippen molar-refractivity contribution in [1.29, 1.82) is 0 Å². The summed E-state index contributed by atoms with van der Waals surface area (Å²) in [5.74, 6) is -0.00421. The molecular weight excluding hydrogens is 181 g/mol. The SMILES string of the molecule is Cl.NC1COc2c(F)cccc21. The maximum Gasteiger partial charge on any atom is 0.165 e. The molecular formula is C8H9ClFNO. The highest BCUT2D eigenvalue weighted by molar-refractivity contribution is 5.85. The molecule has 0 amide bonds. The van der Waals surface area contributed by atoms with E-state index in [2.05, 4.69) is 0 Å². The van der Waals surface area contributed by atoms with Gasteiger partial charge in [-0.2, -0.15) is 0 Å². The van der Waals surface area contributed by atoms with E-state index in [1.165, 1.54) is 6.07 Å². The van der Waals surface area contributed by atoms with Crippen LogP contribution in [0.15, 0.2) is 18.2 Å². The monoisotopic (exact) mass is 189 g/mol. The molecule has 4 heteroatoms. The highest BCUT2D eigenvalue weighted by Gasteiger charge is 2.22. The van der Waals surface area contributed by atoms with E-state index in [9.17, 15) is 4.39 Å². The van der Waals surface area contributed by atoms with Gasteiger partial charge >= 0.3 is 0 Å². The standard InChI is InChI=1S/C8H8FNO.ClH/c9-6-3-1-2-5-7(10)4-11-8(5)6;/h1-3,7H,4,10H2;1H. The summed E-state index contributed by atoms with van der Waals surface area (Å²) in [5, 5.41) is 0. The molecule has 0 spiro atoms. The predicted molar refractivity (Wildman–Crippen MR) is 46.1 cm³/mol. The molecule has 1 aromatic rings. The Morgan fingerprint density at radius 2 is 2.25 bits per heavy atom. The van der Waals surface area contributed by atoms with Gasteiger partial charge in [0.1, 0.15) is 6.61 Å². The van der Waals surface area contributed by atoms with Gasteiger partial charge in [0, 0.05) is 5.56 Å². The van der Waals surface area contributed by atoms with Gasteiger partial charge in [0.15, 0.2) is 11.6 Å². The predicted octanol–water partition coefficient (Wildman–Crippen LogP) is 1.64. The maximum absolute atomic E-state index is 12.9. The average molecular weight is 190 g/mol. The van der Waals surface area contributed by atoms with E-state index < -0.39 is 0 Å². The molecule has 1 aliphatic rings. The van der Waals surface area contributed by atoms with E-state index in [1.807, 2.05) is 0 Å². The van der Waals surface area contributed by atoms with Gasteiger partial charge in [0.25, 0.3) is 0 Å². The summed E-state index contributed by atoms with van der Waals surface area (Å²) in [5.41, 5.74) is 6.39. The van der Waals surface area contributed by atoms with E-state index in [1.54, 1.807) is 12.1 Å². The lowest BCUT2D eigenvalue weighted by Crippen LogP contribution is -2.10. The van der Waals surface area contributed by atoms with Crippen molar-refractivity contribution in [3.8, 4) is 5.75 Å². The summed E-state index contributed by atoms with van der Waals surface area (Å²) in [6.45, 7) is 0.385. The molecule has 1 aromatic carbocycles. The molecule has 0 aromatic heterocycles. The second-order valence-electron chi connectivity index (χ2n) is 2.58. The Morgan fingerprint density at radius 1 is 1.50 bits per heavy atom. The van der Waals surface area contributed by atoms with Gasteiger partial charge in [-0.15, -0.1) is 12.4 Å². The van der Waals surface area contributed by atoms with Crippen LogP contribution in [0.1, 0.15) is 11.6 Å². The molecule has 0 bridgehead atoms. The van der Waals surface area contributed by atoms with Gasteiger partial charge < -0.3 is 10.5 Å². The first-order chi connectivity index (χ1) is 5.29. The Bertz CT molecular complexity index is 292. The first-order valence-electron chi connectivity index (χ1n) is 3.46. The molecule has 0 fully saturated rings. The van der Waals surface area contributed by atoms with E-state index >= 15 is 0 Å². The molecule has 0 radical (unpaired) electrons. The van der Waals surface area contributed by atoms with E-state index in [0.717, 1.165) is 5.56 Å². The minimum atomic E-state index is -0.324. The summed E-state index contributed by atoms with van der Waals surface area (Å²) in [6, 6.07) is 4.64. The molecule has 1 unspecified atom stereocenters. The number of nitrogens with two attached hydrogens (primary N) is 1. The zero-order valence-corrected chi connectivity index (χ0v) is 7.10. The van der Waals surface area contributed by atoms with Crippen LogP contribution in [0.3, 0.4) is 0 Å². The molecule has 2 nitrogen and oxygen atoms in total. The smallest absolute Gasteiger partial charge is 0.165 e. The van der Waals surface area contributed by atoms with Crippen LogP contribution in [0.2, 0.25) is 0 Å². The third kappa shape index (κ3) is 1.26. The van der Waals surface area contributed by atoms with E-state index in [0.29, 0.717) is 12.4 Å². The number of hydrogen-bond acceptors (Lipinski definition) is 2.